The zero-order valence-electron chi connectivity index (χ0n) is 12.8. The Balaban J connectivity index is 2.18. The minimum Gasteiger partial charge on any atom is -0.382 e. The number of benzene rings is 1. The first-order chi connectivity index (χ1) is 9.88. The van der Waals surface area contributed by atoms with E-state index in [1.54, 1.807) is 6.07 Å². The fourth-order valence-corrected chi connectivity index (χ4v) is 3.32. The summed E-state index contributed by atoms with van der Waals surface area (Å²) in [6.45, 7) is 6.66. The molecule has 21 heavy (non-hydrogen) atoms. The molecule has 3 unspecified atom stereocenters. The molecule has 116 valence electrons. The molecule has 1 aromatic carbocycles. The largest absolute Gasteiger partial charge is 0.382 e. The third-order valence-electron chi connectivity index (χ3n) is 4.52. The van der Waals surface area contributed by atoms with Crippen molar-refractivity contribution in [3.63, 3.8) is 0 Å². The maximum atomic E-state index is 13.4. The van der Waals surface area contributed by atoms with Gasteiger partial charge in [-0.25, -0.2) is 0 Å². The van der Waals surface area contributed by atoms with E-state index < -0.39 is 16.4 Å². The zero-order chi connectivity index (χ0) is 15.6. The molecule has 0 amide bonds. The average Bonchev–Trinajstić information content (AvgIpc) is 2.40. The Bertz CT molecular complexity index is 519. The monoisotopic (exact) mass is 294 g/mol. The summed E-state index contributed by atoms with van der Waals surface area (Å²) in [5.41, 5.74) is 0.165. The number of nitrogens with one attached hydrogen (secondary N) is 1. The molecule has 5 heteroatoms. The normalized spacial score (nSPS) is 25.9. The fourth-order valence-electron chi connectivity index (χ4n) is 3.32. The molecule has 1 aliphatic rings. The highest BCUT2D eigenvalue weighted by atomic mass is 19.1. The summed E-state index contributed by atoms with van der Waals surface area (Å²) in [7, 11) is 0. The van der Waals surface area contributed by atoms with Gasteiger partial charge in [0, 0.05) is 17.8 Å². The van der Waals surface area contributed by atoms with Crippen LogP contribution in [-0.2, 0) is 0 Å². The summed E-state index contributed by atoms with van der Waals surface area (Å²) in [6.07, 6.45) is 3.44. The molecule has 1 aliphatic carbocycles. The number of nitro groups is 1. The van der Waals surface area contributed by atoms with E-state index in [9.17, 15) is 14.5 Å². The minimum atomic E-state index is -0.789. The van der Waals surface area contributed by atoms with E-state index in [2.05, 4.69) is 26.1 Å². The number of hydrogen-bond acceptors (Lipinski definition) is 3. The molecule has 0 aromatic heterocycles. The van der Waals surface area contributed by atoms with E-state index in [0.29, 0.717) is 29.5 Å². The summed E-state index contributed by atoms with van der Waals surface area (Å²) in [5, 5.41) is 14.2. The van der Waals surface area contributed by atoms with Crippen LogP contribution in [0.5, 0.6) is 0 Å². The highest BCUT2D eigenvalue weighted by Crippen LogP contribution is 2.35. The van der Waals surface area contributed by atoms with Crippen molar-refractivity contribution >= 4 is 11.4 Å². The lowest BCUT2D eigenvalue weighted by atomic mass is 9.74. The number of rotatable bonds is 4. The zero-order valence-corrected chi connectivity index (χ0v) is 12.8. The van der Waals surface area contributed by atoms with Gasteiger partial charge in [0.2, 0.25) is 5.82 Å². The third kappa shape index (κ3) is 3.71. The van der Waals surface area contributed by atoms with Crippen LogP contribution in [0, 0.1) is 33.7 Å². The van der Waals surface area contributed by atoms with E-state index in [0.717, 1.165) is 12.5 Å². The van der Waals surface area contributed by atoms with Crippen molar-refractivity contribution in [2.75, 3.05) is 5.32 Å². The third-order valence-corrected chi connectivity index (χ3v) is 4.52. The lowest BCUT2D eigenvalue weighted by Gasteiger charge is -2.38. The van der Waals surface area contributed by atoms with Crippen molar-refractivity contribution in [3.8, 4) is 0 Å². The molecule has 0 saturated heterocycles. The van der Waals surface area contributed by atoms with Crippen molar-refractivity contribution < 1.29 is 9.31 Å². The van der Waals surface area contributed by atoms with Crippen molar-refractivity contribution in [2.24, 2.45) is 17.8 Å². The first-order valence-electron chi connectivity index (χ1n) is 7.59. The topological polar surface area (TPSA) is 55.2 Å². The van der Waals surface area contributed by atoms with Gasteiger partial charge in [0.05, 0.1) is 4.92 Å². The van der Waals surface area contributed by atoms with E-state index in [1.165, 1.54) is 18.9 Å². The van der Waals surface area contributed by atoms with Gasteiger partial charge >= 0.3 is 5.69 Å². The van der Waals surface area contributed by atoms with Crippen LogP contribution in [0.25, 0.3) is 0 Å². The summed E-state index contributed by atoms with van der Waals surface area (Å²) in [4.78, 5) is 10.2. The quantitative estimate of drug-likeness (QED) is 0.652. The standard InChI is InChI=1S/C16H23FN2O2/c1-10(2)13-6-4-11(3)8-15(13)18-12-5-7-14(17)16(9-12)19(20)21/h5,7,9-11,13,15,18H,4,6,8H2,1-3H3. The predicted molar refractivity (Wildman–Crippen MR) is 81.8 cm³/mol. The highest BCUT2D eigenvalue weighted by molar-refractivity contribution is 5.52. The lowest BCUT2D eigenvalue weighted by molar-refractivity contribution is -0.387. The number of hydrogen-bond donors (Lipinski definition) is 1. The Morgan fingerprint density at radius 2 is 2.10 bits per heavy atom. The Morgan fingerprint density at radius 1 is 1.38 bits per heavy atom. The van der Waals surface area contributed by atoms with Crippen LogP contribution in [0.1, 0.15) is 40.0 Å². The number of halogens is 1. The van der Waals surface area contributed by atoms with Crippen LogP contribution in [0.3, 0.4) is 0 Å². The maximum Gasteiger partial charge on any atom is 0.306 e. The second kappa shape index (κ2) is 6.41. The Kier molecular flexibility index (Phi) is 4.80. The molecular weight excluding hydrogens is 271 g/mol. The van der Waals surface area contributed by atoms with Gasteiger partial charge in [-0.3, -0.25) is 10.1 Å². The molecule has 0 aliphatic heterocycles. The predicted octanol–water partition coefficient (Wildman–Crippen LogP) is 4.61. The molecule has 1 aromatic rings. The second-order valence-corrected chi connectivity index (χ2v) is 6.50. The molecule has 1 fully saturated rings. The minimum absolute atomic E-state index is 0.291. The van der Waals surface area contributed by atoms with Gasteiger partial charge in [0.1, 0.15) is 0 Å². The van der Waals surface area contributed by atoms with Gasteiger partial charge in [0.15, 0.2) is 0 Å². The number of anilines is 1. The van der Waals surface area contributed by atoms with Gasteiger partial charge in [-0.15, -0.1) is 0 Å². The molecule has 1 N–H and O–H groups in total. The molecule has 1 saturated carbocycles. The molecule has 0 spiro atoms. The Hall–Kier alpha value is -1.65. The van der Waals surface area contributed by atoms with Crippen molar-refractivity contribution in [1.82, 2.24) is 0 Å². The van der Waals surface area contributed by atoms with E-state index >= 15 is 0 Å². The van der Waals surface area contributed by atoms with Crippen LogP contribution in [0.4, 0.5) is 15.8 Å². The highest BCUT2D eigenvalue weighted by Gasteiger charge is 2.30. The van der Waals surface area contributed by atoms with Crippen LogP contribution in [-0.4, -0.2) is 11.0 Å². The molecule has 3 atom stereocenters. The average molecular weight is 294 g/mol. The van der Waals surface area contributed by atoms with E-state index in [4.69, 9.17) is 0 Å². The van der Waals surface area contributed by atoms with Crippen molar-refractivity contribution in [3.05, 3.63) is 34.1 Å². The van der Waals surface area contributed by atoms with Crippen LogP contribution in [0.15, 0.2) is 18.2 Å². The van der Waals surface area contributed by atoms with E-state index in [1.807, 2.05) is 0 Å². The number of nitrogens with zero attached hydrogens (tertiary/aromatic N) is 1. The van der Waals surface area contributed by atoms with Crippen LogP contribution >= 0.6 is 0 Å². The van der Waals surface area contributed by atoms with E-state index in [-0.39, 0.29) is 0 Å². The van der Waals surface area contributed by atoms with Crippen molar-refractivity contribution in [1.29, 1.82) is 0 Å². The van der Waals surface area contributed by atoms with Gasteiger partial charge in [-0.05, 0) is 42.7 Å². The fraction of sp³-hybridized carbons (Fsp3) is 0.625. The molecule has 0 radical (unpaired) electrons. The molecule has 4 nitrogen and oxygen atoms in total. The second-order valence-electron chi connectivity index (χ2n) is 6.50. The van der Waals surface area contributed by atoms with Crippen molar-refractivity contribution in [2.45, 2.75) is 46.1 Å². The van der Waals surface area contributed by atoms with Crippen LogP contribution < -0.4 is 5.32 Å². The maximum absolute atomic E-state index is 13.4. The van der Waals surface area contributed by atoms with Gasteiger partial charge < -0.3 is 5.32 Å². The Labute approximate surface area is 124 Å². The Morgan fingerprint density at radius 3 is 2.71 bits per heavy atom. The summed E-state index contributed by atoms with van der Waals surface area (Å²) < 4.78 is 13.4. The summed E-state index contributed by atoms with van der Waals surface area (Å²) in [5.74, 6) is 0.964. The summed E-state index contributed by atoms with van der Waals surface area (Å²) >= 11 is 0. The number of nitro benzene ring substituents is 1. The molecule has 0 heterocycles. The molecule has 0 bridgehead atoms. The lowest BCUT2D eigenvalue weighted by Crippen LogP contribution is -2.37. The first-order valence-corrected chi connectivity index (χ1v) is 7.59. The van der Waals surface area contributed by atoms with Gasteiger partial charge in [0.25, 0.3) is 0 Å². The smallest absolute Gasteiger partial charge is 0.306 e. The molecular formula is C16H23FN2O2. The van der Waals surface area contributed by atoms with Gasteiger partial charge in [-0.1, -0.05) is 27.2 Å². The van der Waals surface area contributed by atoms with Crippen LogP contribution in [0.2, 0.25) is 0 Å². The molecule has 2 rings (SSSR count). The first kappa shape index (κ1) is 15.7. The van der Waals surface area contributed by atoms with Gasteiger partial charge in [-0.2, -0.15) is 4.39 Å². The SMILES string of the molecule is CC1CCC(C(C)C)C(Nc2ccc(F)c([N+](=O)[O-])c2)C1. The summed E-state index contributed by atoms with van der Waals surface area (Å²) in [6, 6.07) is 4.33.